The van der Waals surface area contributed by atoms with Gasteiger partial charge in [-0.2, -0.15) is 0 Å². The smallest absolute Gasteiger partial charge is 0.162 e. The van der Waals surface area contributed by atoms with Crippen molar-refractivity contribution in [3.05, 3.63) is 205 Å². The zero-order chi connectivity index (χ0) is 39.2. The molecule has 0 radical (unpaired) electrons. The van der Waals surface area contributed by atoms with E-state index >= 15 is 0 Å². The average Bonchev–Trinajstić information content (AvgIpc) is 3.88. The Balaban J connectivity index is 1.09. The molecular formula is C55H38N4. The fourth-order valence-electron chi connectivity index (χ4n) is 9.71. The molecule has 0 bridgehead atoms. The van der Waals surface area contributed by atoms with Gasteiger partial charge in [0.2, 0.25) is 0 Å². The maximum absolute atomic E-state index is 5.35. The molecular weight excluding hydrogens is 717 g/mol. The highest BCUT2D eigenvalue weighted by Gasteiger charge is 2.36. The Bertz CT molecular complexity index is 3450. The number of para-hydroxylation sites is 2. The van der Waals surface area contributed by atoms with Crippen LogP contribution >= 0.6 is 0 Å². The molecule has 4 heteroatoms. The summed E-state index contributed by atoms with van der Waals surface area (Å²) >= 11 is 0. The van der Waals surface area contributed by atoms with Crippen molar-refractivity contribution in [2.45, 2.75) is 19.3 Å². The van der Waals surface area contributed by atoms with E-state index in [0.717, 1.165) is 61.3 Å². The first-order chi connectivity index (χ1) is 29.0. The van der Waals surface area contributed by atoms with E-state index in [9.17, 15) is 0 Å². The lowest BCUT2D eigenvalue weighted by molar-refractivity contribution is 0.661. The molecule has 0 fully saturated rings. The first kappa shape index (κ1) is 33.6. The van der Waals surface area contributed by atoms with Crippen LogP contribution in [0, 0.1) is 0 Å². The van der Waals surface area contributed by atoms with Crippen LogP contribution in [0.25, 0.3) is 100 Å². The van der Waals surface area contributed by atoms with E-state index in [1.54, 1.807) is 0 Å². The van der Waals surface area contributed by atoms with Crippen molar-refractivity contribution in [1.29, 1.82) is 0 Å². The molecule has 0 saturated heterocycles. The predicted molar refractivity (Wildman–Crippen MR) is 245 cm³/mol. The Kier molecular flexibility index (Phi) is 7.24. The van der Waals surface area contributed by atoms with Crippen molar-refractivity contribution in [2.75, 3.05) is 0 Å². The highest BCUT2D eigenvalue weighted by molar-refractivity contribution is 6.15. The highest BCUT2D eigenvalue weighted by atomic mass is 15.1. The predicted octanol–water partition coefficient (Wildman–Crippen LogP) is 14.0. The minimum Gasteiger partial charge on any atom is -0.309 e. The van der Waals surface area contributed by atoms with Crippen LogP contribution in [0.2, 0.25) is 0 Å². The van der Waals surface area contributed by atoms with Crippen molar-refractivity contribution in [2.24, 2.45) is 0 Å². The van der Waals surface area contributed by atoms with Gasteiger partial charge in [-0.15, -0.1) is 0 Å². The number of hydrogen-bond acceptors (Lipinski definition) is 2. The first-order valence-corrected chi connectivity index (χ1v) is 20.3. The first-order valence-electron chi connectivity index (χ1n) is 20.3. The van der Waals surface area contributed by atoms with Gasteiger partial charge in [0, 0.05) is 44.1 Å². The summed E-state index contributed by atoms with van der Waals surface area (Å²) in [4.78, 5) is 10.7. The van der Waals surface area contributed by atoms with E-state index in [2.05, 4.69) is 199 Å². The second-order valence-corrected chi connectivity index (χ2v) is 16.2. The highest BCUT2D eigenvalue weighted by Crippen LogP contribution is 2.51. The van der Waals surface area contributed by atoms with E-state index in [1.807, 2.05) is 18.2 Å². The van der Waals surface area contributed by atoms with Crippen LogP contribution in [0.4, 0.5) is 0 Å². The number of rotatable bonds is 5. The van der Waals surface area contributed by atoms with Gasteiger partial charge in [0.05, 0.1) is 27.6 Å². The number of benzene rings is 8. The number of nitrogens with zero attached hydrogens (tertiary/aromatic N) is 4. The van der Waals surface area contributed by atoms with Crippen LogP contribution in [0.3, 0.4) is 0 Å². The number of hydrogen-bond donors (Lipinski definition) is 0. The van der Waals surface area contributed by atoms with E-state index < -0.39 is 0 Å². The molecule has 0 unspecified atom stereocenters. The zero-order valence-corrected chi connectivity index (χ0v) is 32.8. The van der Waals surface area contributed by atoms with Crippen molar-refractivity contribution in [3.8, 4) is 56.3 Å². The third kappa shape index (κ3) is 5.03. The van der Waals surface area contributed by atoms with Gasteiger partial charge in [-0.25, -0.2) is 9.97 Å². The van der Waals surface area contributed by atoms with E-state index in [1.165, 1.54) is 44.1 Å². The minimum absolute atomic E-state index is 0.0955. The summed E-state index contributed by atoms with van der Waals surface area (Å²) < 4.78 is 4.75. The zero-order valence-electron chi connectivity index (χ0n) is 32.8. The van der Waals surface area contributed by atoms with E-state index in [0.29, 0.717) is 5.82 Å². The molecule has 0 atom stereocenters. The molecule has 1 aliphatic rings. The average molecular weight is 755 g/mol. The molecule has 4 nitrogen and oxygen atoms in total. The molecule has 12 rings (SSSR count). The molecule has 0 spiro atoms. The summed E-state index contributed by atoms with van der Waals surface area (Å²) in [6.45, 7) is 4.72. The Morgan fingerprint density at radius 1 is 0.390 bits per heavy atom. The lowest BCUT2D eigenvalue weighted by atomic mass is 9.82. The second-order valence-electron chi connectivity index (χ2n) is 16.2. The Morgan fingerprint density at radius 2 is 1.03 bits per heavy atom. The summed E-state index contributed by atoms with van der Waals surface area (Å²) in [6.07, 6.45) is 0. The van der Waals surface area contributed by atoms with E-state index in [-0.39, 0.29) is 5.41 Å². The number of aromatic nitrogens is 4. The molecule has 278 valence electrons. The molecule has 0 N–H and O–H groups in total. The maximum atomic E-state index is 5.35. The summed E-state index contributed by atoms with van der Waals surface area (Å²) in [7, 11) is 0. The van der Waals surface area contributed by atoms with Crippen molar-refractivity contribution < 1.29 is 0 Å². The summed E-state index contributed by atoms with van der Waals surface area (Å²) in [5.74, 6) is 0.703. The Morgan fingerprint density at radius 3 is 1.85 bits per heavy atom. The minimum atomic E-state index is -0.0955. The lowest BCUT2D eigenvalue weighted by Crippen LogP contribution is -2.14. The molecule has 0 aliphatic heterocycles. The van der Waals surface area contributed by atoms with Gasteiger partial charge in [0.1, 0.15) is 5.65 Å². The van der Waals surface area contributed by atoms with Crippen molar-refractivity contribution in [3.63, 3.8) is 0 Å². The summed E-state index contributed by atoms with van der Waals surface area (Å²) in [5.41, 5.74) is 17.2. The molecule has 8 aromatic carbocycles. The fourth-order valence-corrected chi connectivity index (χ4v) is 9.71. The lowest BCUT2D eigenvalue weighted by Gasteiger charge is -2.21. The van der Waals surface area contributed by atoms with Crippen LogP contribution in [-0.2, 0) is 5.41 Å². The van der Waals surface area contributed by atoms with Crippen molar-refractivity contribution in [1.82, 2.24) is 19.1 Å². The Hall–Kier alpha value is -7.56. The Labute approximate surface area is 342 Å². The molecule has 1 aliphatic carbocycles. The maximum Gasteiger partial charge on any atom is 0.162 e. The van der Waals surface area contributed by atoms with Gasteiger partial charge in [-0.05, 0) is 88.0 Å². The van der Waals surface area contributed by atoms with E-state index in [4.69, 9.17) is 9.97 Å². The molecule has 11 aromatic rings. The summed E-state index contributed by atoms with van der Waals surface area (Å²) in [5, 5.41) is 4.68. The SMILES string of the molecule is CC1(C)c2ccccc2-c2cc3c4ccccc4n(-c4cccc(-c5ccc6c(c5)c5c(-c7ccccc7)nc(-c7ccccc7)nc5n6-c5ccccc5)c4)c3cc21. The van der Waals surface area contributed by atoms with Crippen LogP contribution in [0.5, 0.6) is 0 Å². The van der Waals surface area contributed by atoms with Crippen LogP contribution < -0.4 is 0 Å². The van der Waals surface area contributed by atoms with Crippen LogP contribution in [0.15, 0.2) is 194 Å². The molecule has 3 heterocycles. The normalized spacial score (nSPS) is 13.1. The van der Waals surface area contributed by atoms with Crippen LogP contribution in [-0.4, -0.2) is 19.1 Å². The fraction of sp³-hybridized carbons (Fsp3) is 0.0545. The second kappa shape index (κ2) is 12.7. The molecule has 0 saturated carbocycles. The largest absolute Gasteiger partial charge is 0.309 e. The third-order valence-electron chi connectivity index (χ3n) is 12.5. The topological polar surface area (TPSA) is 35.6 Å². The van der Waals surface area contributed by atoms with Gasteiger partial charge in [0.15, 0.2) is 5.82 Å². The van der Waals surface area contributed by atoms with Crippen molar-refractivity contribution >= 4 is 43.7 Å². The monoisotopic (exact) mass is 754 g/mol. The van der Waals surface area contributed by atoms with Gasteiger partial charge in [-0.1, -0.05) is 153 Å². The summed E-state index contributed by atoms with van der Waals surface area (Å²) in [6, 6.07) is 69.9. The van der Waals surface area contributed by atoms with Gasteiger partial charge in [0.25, 0.3) is 0 Å². The quantitative estimate of drug-likeness (QED) is 0.175. The van der Waals surface area contributed by atoms with Gasteiger partial charge < -0.3 is 4.57 Å². The standard InChI is InChI=1S/C55H38N4/c1-55(2)46-27-14-12-25-41(46)43-33-44-42-26-13-15-28-48(42)58(50(44)34-47(43)55)40-24-16-21-37(31-40)38-29-30-49-45(32-38)51-52(35-17-6-3-7-18-35)56-53(36-19-8-4-9-20-36)57-54(51)59(49)39-22-10-5-11-23-39/h3-34H,1-2H3. The number of fused-ring (bicyclic) bond motifs is 9. The van der Waals surface area contributed by atoms with Gasteiger partial charge >= 0.3 is 0 Å². The molecule has 3 aromatic heterocycles. The van der Waals surface area contributed by atoms with Gasteiger partial charge in [-0.3, -0.25) is 4.57 Å². The molecule has 59 heavy (non-hydrogen) atoms. The van der Waals surface area contributed by atoms with Crippen LogP contribution in [0.1, 0.15) is 25.0 Å². The third-order valence-corrected chi connectivity index (χ3v) is 12.5. The molecule has 0 amide bonds.